The summed E-state index contributed by atoms with van der Waals surface area (Å²) in [7, 11) is 1.53. The maximum atomic E-state index is 12.6. The summed E-state index contributed by atoms with van der Waals surface area (Å²) in [4.78, 5) is 28.1. The Hall–Kier alpha value is -3.06. The third-order valence-corrected chi connectivity index (χ3v) is 4.98. The van der Waals surface area contributed by atoms with Crippen molar-refractivity contribution in [3.05, 3.63) is 54.1 Å². The van der Waals surface area contributed by atoms with Gasteiger partial charge in [-0.3, -0.25) is 9.69 Å². The highest BCUT2D eigenvalue weighted by Crippen LogP contribution is 2.28. The van der Waals surface area contributed by atoms with Gasteiger partial charge in [-0.25, -0.2) is 4.79 Å². The molecule has 0 saturated carbocycles. The highest BCUT2D eigenvalue weighted by molar-refractivity contribution is 5.93. The van der Waals surface area contributed by atoms with Crippen LogP contribution in [-0.4, -0.2) is 61.6 Å². The molecule has 1 aliphatic heterocycles. The van der Waals surface area contributed by atoms with Crippen LogP contribution in [0.1, 0.15) is 12.5 Å². The minimum absolute atomic E-state index is 0.123. The Kier molecular flexibility index (Phi) is 7.08. The lowest BCUT2D eigenvalue weighted by molar-refractivity contribution is -0.114. The number of amides is 3. The summed E-state index contributed by atoms with van der Waals surface area (Å²) in [6.07, 6.45) is 1.02. The van der Waals surface area contributed by atoms with Crippen molar-refractivity contribution in [3.8, 4) is 5.75 Å². The van der Waals surface area contributed by atoms with Gasteiger partial charge in [0.05, 0.1) is 12.8 Å². The molecular weight excluding hydrogens is 368 g/mol. The molecule has 3 amide bonds. The largest absolute Gasteiger partial charge is 0.494 e. The number of methoxy groups -OCH3 is 1. The molecule has 1 heterocycles. The summed E-state index contributed by atoms with van der Waals surface area (Å²) >= 11 is 0. The number of urea groups is 1. The molecule has 0 unspecified atom stereocenters. The monoisotopic (exact) mass is 396 g/mol. The van der Waals surface area contributed by atoms with Crippen LogP contribution < -0.4 is 15.4 Å². The number of carbonyl (C=O) groups excluding carboxylic acids is 2. The van der Waals surface area contributed by atoms with Crippen molar-refractivity contribution in [2.24, 2.45) is 0 Å². The van der Waals surface area contributed by atoms with E-state index in [-0.39, 0.29) is 11.9 Å². The molecule has 0 atom stereocenters. The molecule has 7 nitrogen and oxygen atoms in total. The SMILES string of the molecule is COc1cc(NC(=O)N2CCN(CCc3ccccc3)CC2)ccc1NC(C)=O. The third-order valence-electron chi connectivity index (χ3n) is 4.98. The van der Waals surface area contributed by atoms with Crippen LogP contribution >= 0.6 is 0 Å². The summed E-state index contributed by atoms with van der Waals surface area (Å²) in [6.45, 7) is 5.56. The van der Waals surface area contributed by atoms with Crippen LogP contribution in [0.5, 0.6) is 5.75 Å². The molecule has 0 aromatic heterocycles. The topological polar surface area (TPSA) is 73.9 Å². The lowest BCUT2D eigenvalue weighted by Gasteiger charge is -2.34. The second-order valence-corrected chi connectivity index (χ2v) is 7.09. The Balaban J connectivity index is 1.48. The predicted molar refractivity (Wildman–Crippen MR) is 114 cm³/mol. The van der Waals surface area contributed by atoms with E-state index in [0.717, 1.165) is 26.1 Å². The quantitative estimate of drug-likeness (QED) is 0.787. The standard InChI is InChI=1S/C22H28N4O3/c1-17(27)23-20-9-8-19(16-21(20)29-2)24-22(28)26-14-12-25(13-15-26)11-10-18-6-4-3-5-7-18/h3-9,16H,10-15H2,1-2H3,(H,23,27)(H,24,28). The van der Waals surface area contributed by atoms with Gasteiger partial charge in [-0.1, -0.05) is 30.3 Å². The van der Waals surface area contributed by atoms with Gasteiger partial charge in [0.15, 0.2) is 0 Å². The van der Waals surface area contributed by atoms with Crippen molar-refractivity contribution in [2.75, 3.05) is 50.5 Å². The molecule has 2 aromatic rings. The number of anilines is 2. The van der Waals surface area contributed by atoms with E-state index in [1.807, 2.05) is 11.0 Å². The van der Waals surface area contributed by atoms with E-state index in [0.29, 0.717) is 30.2 Å². The Labute approximate surface area is 171 Å². The Morgan fingerprint density at radius 2 is 1.72 bits per heavy atom. The van der Waals surface area contributed by atoms with Gasteiger partial charge in [0.2, 0.25) is 5.91 Å². The van der Waals surface area contributed by atoms with Crippen molar-refractivity contribution in [1.82, 2.24) is 9.80 Å². The van der Waals surface area contributed by atoms with Crippen LogP contribution in [-0.2, 0) is 11.2 Å². The number of ether oxygens (including phenoxy) is 1. The summed E-state index contributed by atoms with van der Waals surface area (Å²) < 4.78 is 5.31. The number of benzene rings is 2. The van der Waals surface area contributed by atoms with E-state index in [1.54, 1.807) is 18.2 Å². The first kappa shape index (κ1) is 20.7. The highest BCUT2D eigenvalue weighted by Gasteiger charge is 2.21. The van der Waals surface area contributed by atoms with Gasteiger partial charge < -0.3 is 20.3 Å². The summed E-state index contributed by atoms with van der Waals surface area (Å²) in [5.74, 6) is 0.328. The molecule has 0 bridgehead atoms. The van der Waals surface area contributed by atoms with Crippen LogP contribution in [0.2, 0.25) is 0 Å². The van der Waals surface area contributed by atoms with Crippen LogP contribution in [0.25, 0.3) is 0 Å². The van der Waals surface area contributed by atoms with E-state index >= 15 is 0 Å². The highest BCUT2D eigenvalue weighted by atomic mass is 16.5. The van der Waals surface area contributed by atoms with Crippen LogP contribution in [0.3, 0.4) is 0 Å². The molecule has 0 radical (unpaired) electrons. The number of piperazine rings is 1. The smallest absolute Gasteiger partial charge is 0.321 e. The van der Waals surface area contributed by atoms with Crippen molar-refractivity contribution < 1.29 is 14.3 Å². The van der Waals surface area contributed by atoms with Gasteiger partial charge in [-0.2, -0.15) is 0 Å². The van der Waals surface area contributed by atoms with Crippen molar-refractivity contribution >= 4 is 23.3 Å². The maximum Gasteiger partial charge on any atom is 0.321 e. The van der Waals surface area contributed by atoms with Crippen LogP contribution in [0, 0.1) is 0 Å². The van der Waals surface area contributed by atoms with Gasteiger partial charge in [0.25, 0.3) is 0 Å². The predicted octanol–water partition coefficient (Wildman–Crippen LogP) is 3.05. The third kappa shape index (κ3) is 5.96. The summed E-state index contributed by atoms with van der Waals surface area (Å²) in [6, 6.07) is 15.5. The summed E-state index contributed by atoms with van der Waals surface area (Å²) in [5, 5.41) is 5.62. The average molecular weight is 396 g/mol. The first-order valence-corrected chi connectivity index (χ1v) is 9.83. The molecule has 1 fully saturated rings. The number of nitrogens with one attached hydrogen (secondary N) is 2. The Bertz CT molecular complexity index is 833. The minimum Gasteiger partial charge on any atom is -0.494 e. The zero-order valence-electron chi connectivity index (χ0n) is 17.0. The van der Waals surface area contributed by atoms with Crippen molar-refractivity contribution in [1.29, 1.82) is 0 Å². The molecule has 0 aliphatic carbocycles. The fraction of sp³-hybridized carbons (Fsp3) is 0.364. The molecule has 1 saturated heterocycles. The molecular formula is C22H28N4O3. The second kappa shape index (κ2) is 9.93. The van der Waals surface area contributed by atoms with Gasteiger partial charge in [0.1, 0.15) is 5.75 Å². The first-order valence-electron chi connectivity index (χ1n) is 9.83. The van der Waals surface area contributed by atoms with E-state index < -0.39 is 0 Å². The molecule has 3 rings (SSSR count). The fourth-order valence-electron chi connectivity index (χ4n) is 3.37. The number of hydrogen-bond acceptors (Lipinski definition) is 4. The average Bonchev–Trinajstić information content (AvgIpc) is 2.74. The Morgan fingerprint density at radius 1 is 1.00 bits per heavy atom. The number of carbonyl (C=O) groups is 2. The fourth-order valence-corrected chi connectivity index (χ4v) is 3.37. The van der Waals surface area contributed by atoms with Crippen molar-refractivity contribution in [3.63, 3.8) is 0 Å². The van der Waals surface area contributed by atoms with Gasteiger partial charge >= 0.3 is 6.03 Å². The Morgan fingerprint density at radius 3 is 2.38 bits per heavy atom. The minimum atomic E-state index is -0.176. The lowest BCUT2D eigenvalue weighted by Crippen LogP contribution is -2.50. The molecule has 2 aromatic carbocycles. The van der Waals surface area contributed by atoms with E-state index in [4.69, 9.17) is 4.74 Å². The molecule has 7 heteroatoms. The van der Waals surface area contributed by atoms with Crippen LogP contribution in [0.15, 0.2) is 48.5 Å². The molecule has 0 spiro atoms. The lowest BCUT2D eigenvalue weighted by atomic mass is 10.1. The van der Waals surface area contributed by atoms with Crippen LogP contribution in [0.4, 0.5) is 16.2 Å². The second-order valence-electron chi connectivity index (χ2n) is 7.09. The van der Waals surface area contributed by atoms with E-state index in [1.165, 1.54) is 19.6 Å². The first-order chi connectivity index (χ1) is 14.0. The molecule has 29 heavy (non-hydrogen) atoms. The normalized spacial score (nSPS) is 14.3. The molecule has 2 N–H and O–H groups in total. The zero-order valence-corrected chi connectivity index (χ0v) is 17.0. The maximum absolute atomic E-state index is 12.6. The van der Waals surface area contributed by atoms with Crippen molar-refractivity contribution in [2.45, 2.75) is 13.3 Å². The van der Waals surface area contributed by atoms with Gasteiger partial charge in [-0.05, 0) is 24.1 Å². The van der Waals surface area contributed by atoms with E-state index in [9.17, 15) is 9.59 Å². The zero-order chi connectivity index (χ0) is 20.6. The molecule has 154 valence electrons. The number of hydrogen-bond donors (Lipinski definition) is 2. The number of rotatable bonds is 6. The summed E-state index contributed by atoms with van der Waals surface area (Å²) in [5.41, 5.74) is 2.54. The molecule has 1 aliphatic rings. The van der Waals surface area contributed by atoms with Gasteiger partial charge in [-0.15, -0.1) is 0 Å². The number of nitrogens with zero attached hydrogens (tertiary/aromatic N) is 2. The van der Waals surface area contributed by atoms with Gasteiger partial charge in [0, 0.05) is 51.4 Å². The van der Waals surface area contributed by atoms with E-state index in [2.05, 4.69) is 39.8 Å².